The Morgan fingerprint density at radius 3 is 2.61 bits per heavy atom. The number of halogens is 2. The fourth-order valence-electron chi connectivity index (χ4n) is 2.57. The van der Waals surface area contributed by atoms with Gasteiger partial charge in [0.2, 0.25) is 5.90 Å². The standard InChI is InChI=1S/C21H19ClFNO4/c1-4-26-18-11-13(9-16(22)19(18)27-12(2)3)10-17-21(25)28-20(24-17)14-5-7-15(23)8-6-14/h5-12H,4H2,1-3H3/b17-10-. The molecule has 1 aliphatic rings. The number of benzene rings is 2. The topological polar surface area (TPSA) is 57.1 Å². The summed E-state index contributed by atoms with van der Waals surface area (Å²) in [6.07, 6.45) is 1.47. The molecule has 0 saturated heterocycles. The van der Waals surface area contributed by atoms with E-state index in [1.807, 2.05) is 20.8 Å². The Balaban J connectivity index is 1.95. The van der Waals surface area contributed by atoms with Crippen molar-refractivity contribution < 1.29 is 23.4 Å². The maximum atomic E-state index is 13.1. The van der Waals surface area contributed by atoms with Crippen LogP contribution in [0.1, 0.15) is 31.9 Å². The Bertz CT molecular complexity index is 952. The molecule has 2 aromatic carbocycles. The molecule has 2 aromatic rings. The number of rotatable bonds is 6. The summed E-state index contributed by atoms with van der Waals surface area (Å²) < 4.78 is 29.6. The zero-order valence-corrected chi connectivity index (χ0v) is 16.4. The van der Waals surface area contributed by atoms with Crippen LogP contribution in [0.4, 0.5) is 4.39 Å². The van der Waals surface area contributed by atoms with E-state index in [1.165, 1.54) is 24.3 Å². The van der Waals surface area contributed by atoms with Gasteiger partial charge in [-0.3, -0.25) is 0 Å². The van der Waals surface area contributed by atoms with Crippen molar-refractivity contribution in [3.05, 3.63) is 64.1 Å². The molecular formula is C21H19ClFNO4. The van der Waals surface area contributed by atoms with Crippen LogP contribution in [0, 0.1) is 5.82 Å². The third kappa shape index (κ3) is 4.51. The number of hydrogen-bond acceptors (Lipinski definition) is 5. The Labute approximate surface area is 167 Å². The van der Waals surface area contributed by atoms with Gasteiger partial charge in [0.15, 0.2) is 17.2 Å². The van der Waals surface area contributed by atoms with Crippen LogP contribution in [0.2, 0.25) is 5.02 Å². The molecule has 3 rings (SSSR count). The van der Waals surface area contributed by atoms with Crippen LogP contribution in [0.15, 0.2) is 47.1 Å². The Kier molecular flexibility index (Phi) is 5.99. The summed E-state index contributed by atoms with van der Waals surface area (Å²) in [5.74, 6) is 0.0594. The second-order valence-electron chi connectivity index (χ2n) is 6.27. The molecule has 0 aliphatic carbocycles. The fourth-order valence-corrected chi connectivity index (χ4v) is 2.83. The molecule has 0 aromatic heterocycles. The van der Waals surface area contributed by atoms with Crippen LogP contribution in [0.25, 0.3) is 6.08 Å². The van der Waals surface area contributed by atoms with Gasteiger partial charge in [0.25, 0.3) is 0 Å². The first-order valence-corrected chi connectivity index (χ1v) is 9.16. The van der Waals surface area contributed by atoms with Gasteiger partial charge in [-0.05, 0) is 68.8 Å². The number of ether oxygens (including phenoxy) is 3. The summed E-state index contributed by atoms with van der Waals surface area (Å²) in [4.78, 5) is 16.4. The first kappa shape index (κ1) is 19.9. The Morgan fingerprint density at radius 1 is 1.25 bits per heavy atom. The average Bonchev–Trinajstić information content (AvgIpc) is 2.99. The molecule has 0 amide bonds. The van der Waals surface area contributed by atoms with Crippen molar-refractivity contribution in [2.75, 3.05) is 6.61 Å². The van der Waals surface area contributed by atoms with E-state index in [4.69, 9.17) is 25.8 Å². The van der Waals surface area contributed by atoms with E-state index in [2.05, 4.69) is 4.99 Å². The molecule has 1 aliphatic heterocycles. The van der Waals surface area contributed by atoms with Crippen LogP contribution >= 0.6 is 11.6 Å². The van der Waals surface area contributed by atoms with Gasteiger partial charge >= 0.3 is 5.97 Å². The SMILES string of the molecule is CCOc1cc(/C=C2\N=C(c3ccc(F)cc3)OC2=O)cc(Cl)c1OC(C)C. The highest BCUT2D eigenvalue weighted by molar-refractivity contribution is 6.32. The number of cyclic esters (lactones) is 1. The number of carbonyl (C=O) groups excluding carboxylic acids is 1. The third-order valence-electron chi connectivity index (χ3n) is 3.70. The van der Waals surface area contributed by atoms with E-state index in [0.717, 1.165) is 0 Å². The fraction of sp³-hybridized carbons (Fsp3) is 0.238. The lowest BCUT2D eigenvalue weighted by molar-refractivity contribution is -0.129. The minimum Gasteiger partial charge on any atom is -0.490 e. The summed E-state index contributed by atoms with van der Waals surface area (Å²) in [6.45, 7) is 6.07. The molecule has 146 valence electrons. The van der Waals surface area contributed by atoms with Gasteiger partial charge in [0.05, 0.1) is 17.7 Å². The van der Waals surface area contributed by atoms with E-state index in [1.54, 1.807) is 18.2 Å². The number of aliphatic imine (C=N–C) groups is 1. The van der Waals surface area contributed by atoms with Gasteiger partial charge in [-0.1, -0.05) is 11.6 Å². The molecule has 7 heteroatoms. The van der Waals surface area contributed by atoms with Crippen molar-refractivity contribution in [1.29, 1.82) is 0 Å². The van der Waals surface area contributed by atoms with Gasteiger partial charge in [0, 0.05) is 5.56 Å². The van der Waals surface area contributed by atoms with Crippen LogP contribution in [0.5, 0.6) is 11.5 Å². The zero-order valence-electron chi connectivity index (χ0n) is 15.7. The summed E-state index contributed by atoms with van der Waals surface area (Å²) in [5.41, 5.74) is 1.22. The number of nitrogens with zero attached hydrogens (tertiary/aromatic N) is 1. The highest BCUT2D eigenvalue weighted by Gasteiger charge is 2.24. The largest absolute Gasteiger partial charge is 0.490 e. The lowest BCUT2D eigenvalue weighted by Gasteiger charge is -2.16. The number of esters is 1. The van der Waals surface area contributed by atoms with E-state index in [9.17, 15) is 9.18 Å². The van der Waals surface area contributed by atoms with E-state index in [-0.39, 0.29) is 23.5 Å². The molecule has 0 atom stereocenters. The Hall–Kier alpha value is -2.86. The van der Waals surface area contributed by atoms with Crippen molar-refractivity contribution >= 4 is 29.5 Å². The highest BCUT2D eigenvalue weighted by Crippen LogP contribution is 2.38. The summed E-state index contributed by atoms with van der Waals surface area (Å²) in [5, 5.41) is 0.362. The molecule has 0 spiro atoms. The molecule has 0 N–H and O–H groups in total. The van der Waals surface area contributed by atoms with Crippen molar-refractivity contribution in [2.45, 2.75) is 26.9 Å². The minimum absolute atomic E-state index is 0.0754. The summed E-state index contributed by atoms with van der Waals surface area (Å²) in [7, 11) is 0. The molecule has 0 fully saturated rings. The first-order valence-electron chi connectivity index (χ1n) is 8.79. The van der Waals surface area contributed by atoms with Gasteiger partial charge in [-0.2, -0.15) is 0 Å². The van der Waals surface area contributed by atoms with Crippen LogP contribution in [-0.4, -0.2) is 24.6 Å². The number of hydrogen-bond donors (Lipinski definition) is 0. The molecule has 1 heterocycles. The normalized spacial score (nSPS) is 15.0. The predicted molar refractivity (Wildman–Crippen MR) is 105 cm³/mol. The lowest BCUT2D eigenvalue weighted by atomic mass is 10.1. The smallest absolute Gasteiger partial charge is 0.363 e. The molecule has 0 unspecified atom stereocenters. The summed E-state index contributed by atoms with van der Waals surface area (Å²) in [6, 6.07) is 8.91. The predicted octanol–water partition coefficient (Wildman–Crippen LogP) is 5.01. The van der Waals surface area contributed by atoms with Crippen LogP contribution < -0.4 is 9.47 Å². The maximum Gasteiger partial charge on any atom is 0.363 e. The molecule has 0 bridgehead atoms. The number of carbonyl (C=O) groups is 1. The third-order valence-corrected chi connectivity index (χ3v) is 3.98. The van der Waals surface area contributed by atoms with Crippen molar-refractivity contribution in [3.63, 3.8) is 0 Å². The van der Waals surface area contributed by atoms with Gasteiger partial charge < -0.3 is 14.2 Å². The molecule has 0 saturated carbocycles. The second kappa shape index (κ2) is 8.44. The average molecular weight is 404 g/mol. The van der Waals surface area contributed by atoms with Crippen molar-refractivity contribution in [1.82, 2.24) is 0 Å². The zero-order chi connectivity index (χ0) is 20.3. The summed E-state index contributed by atoms with van der Waals surface area (Å²) >= 11 is 6.35. The second-order valence-corrected chi connectivity index (χ2v) is 6.68. The quantitative estimate of drug-likeness (QED) is 0.502. The first-order chi connectivity index (χ1) is 13.4. The minimum atomic E-state index is -0.601. The van der Waals surface area contributed by atoms with Gasteiger partial charge in [-0.25, -0.2) is 14.2 Å². The van der Waals surface area contributed by atoms with E-state index >= 15 is 0 Å². The molecular weight excluding hydrogens is 385 g/mol. The molecule has 5 nitrogen and oxygen atoms in total. The Morgan fingerprint density at radius 2 is 1.96 bits per heavy atom. The van der Waals surface area contributed by atoms with Gasteiger partial charge in [-0.15, -0.1) is 0 Å². The van der Waals surface area contributed by atoms with E-state index in [0.29, 0.717) is 34.3 Å². The maximum absolute atomic E-state index is 13.1. The van der Waals surface area contributed by atoms with Gasteiger partial charge in [0.1, 0.15) is 5.82 Å². The van der Waals surface area contributed by atoms with Crippen molar-refractivity contribution in [3.8, 4) is 11.5 Å². The molecule has 28 heavy (non-hydrogen) atoms. The highest BCUT2D eigenvalue weighted by atomic mass is 35.5. The van der Waals surface area contributed by atoms with E-state index < -0.39 is 5.97 Å². The monoisotopic (exact) mass is 403 g/mol. The lowest BCUT2D eigenvalue weighted by Crippen LogP contribution is -2.08. The van der Waals surface area contributed by atoms with Crippen LogP contribution in [-0.2, 0) is 9.53 Å². The molecule has 0 radical (unpaired) electrons. The van der Waals surface area contributed by atoms with Crippen molar-refractivity contribution in [2.24, 2.45) is 4.99 Å². The van der Waals surface area contributed by atoms with Crippen LogP contribution in [0.3, 0.4) is 0 Å².